The third-order valence-electron chi connectivity index (χ3n) is 2.41. The Morgan fingerprint density at radius 2 is 2.19 bits per heavy atom. The van der Waals surface area contributed by atoms with Crippen molar-refractivity contribution >= 4 is 23.5 Å². The van der Waals surface area contributed by atoms with Crippen molar-refractivity contribution in [3.05, 3.63) is 23.9 Å². The SMILES string of the molecule is NNc1cccc(C(=O)N2CCSCC2)n1. The highest BCUT2D eigenvalue weighted by Gasteiger charge is 2.19. The van der Waals surface area contributed by atoms with Gasteiger partial charge in [-0.1, -0.05) is 6.07 Å². The first-order valence-electron chi connectivity index (χ1n) is 5.12. The van der Waals surface area contributed by atoms with Crippen LogP contribution in [0.25, 0.3) is 0 Å². The van der Waals surface area contributed by atoms with E-state index in [1.54, 1.807) is 18.2 Å². The Bertz CT molecular complexity index is 379. The number of hydrazine groups is 1. The van der Waals surface area contributed by atoms with Crippen LogP contribution >= 0.6 is 11.8 Å². The fourth-order valence-electron chi connectivity index (χ4n) is 1.56. The molecule has 0 saturated carbocycles. The van der Waals surface area contributed by atoms with E-state index in [0.717, 1.165) is 24.6 Å². The van der Waals surface area contributed by atoms with E-state index >= 15 is 0 Å². The van der Waals surface area contributed by atoms with Gasteiger partial charge in [-0.2, -0.15) is 11.8 Å². The fourth-order valence-corrected chi connectivity index (χ4v) is 2.47. The van der Waals surface area contributed by atoms with Crippen molar-refractivity contribution in [3.63, 3.8) is 0 Å². The van der Waals surface area contributed by atoms with E-state index in [1.807, 2.05) is 16.7 Å². The van der Waals surface area contributed by atoms with E-state index in [1.165, 1.54) is 0 Å². The number of thioether (sulfide) groups is 1. The second kappa shape index (κ2) is 5.18. The summed E-state index contributed by atoms with van der Waals surface area (Å²) in [4.78, 5) is 18.0. The van der Waals surface area contributed by atoms with Crippen LogP contribution in [0.2, 0.25) is 0 Å². The Morgan fingerprint density at radius 3 is 2.88 bits per heavy atom. The molecule has 1 fully saturated rings. The topological polar surface area (TPSA) is 71.2 Å². The van der Waals surface area contributed by atoms with Crippen molar-refractivity contribution in [2.75, 3.05) is 30.0 Å². The number of nitrogens with two attached hydrogens (primary N) is 1. The molecule has 0 bridgehead atoms. The lowest BCUT2D eigenvalue weighted by atomic mass is 10.3. The molecule has 5 nitrogen and oxygen atoms in total. The number of pyridine rings is 1. The van der Waals surface area contributed by atoms with Gasteiger partial charge in [-0.3, -0.25) is 4.79 Å². The van der Waals surface area contributed by atoms with Gasteiger partial charge in [0.15, 0.2) is 0 Å². The number of nitrogens with zero attached hydrogens (tertiary/aromatic N) is 2. The number of amides is 1. The molecule has 1 aliphatic heterocycles. The standard InChI is InChI=1S/C10H14N4OS/c11-13-9-3-1-2-8(12-9)10(15)14-4-6-16-7-5-14/h1-3H,4-7,11H2,(H,12,13). The number of hydrogen-bond acceptors (Lipinski definition) is 5. The molecule has 0 aliphatic carbocycles. The van der Waals surface area contributed by atoms with Crippen molar-refractivity contribution < 1.29 is 4.79 Å². The van der Waals surface area contributed by atoms with Crippen LogP contribution in [0.5, 0.6) is 0 Å². The predicted molar refractivity (Wildman–Crippen MR) is 65.3 cm³/mol. The van der Waals surface area contributed by atoms with Crippen LogP contribution in [0.4, 0.5) is 5.82 Å². The second-order valence-corrected chi connectivity index (χ2v) is 4.68. The van der Waals surface area contributed by atoms with E-state index in [-0.39, 0.29) is 5.91 Å². The van der Waals surface area contributed by atoms with Gasteiger partial charge in [-0.25, -0.2) is 10.8 Å². The van der Waals surface area contributed by atoms with Gasteiger partial charge < -0.3 is 10.3 Å². The Kier molecular flexibility index (Phi) is 3.63. The minimum absolute atomic E-state index is 0.0163. The first-order chi connectivity index (χ1) is 7.81. The molecule has 0 spiro atoms. The van der Waals surface area contributed by atoms with Crippen molar-refractivity contribution in [2.45, 2.75) is 0 Å². The van der Waals surface area contributed by atoms with E-state index in [4.69, 9.17) is 5.84 Å². The van der Waals surface area contributed by atoms with Crippen LogP contribution in [0.3, 0.4) is 0 Å². The normalized spacial score (nSPS) is 15.9. The lowest BCUT2D eigenvalue weighted by molar-refractivity contribution is 0.0766. The Labute approximate surface area is 98.4 Å². The Balaban J connectivity index is 2.12. The van der Waals surface area contributed by atoms with Crippen LogP contribution in [0.15, 0.2) is 18.2 Å². The van der Waals surface area contributed by atoms with Gasteiger partial charge in [0.25, 0.3) is 5.91 Å². The summed E-state index contributed by atoms with van der Waals surface area (Å²) in [5.74, 6) is 7.75. The average molecular weight is 238 g/mol. The minimum atomic E-state index is -0.0163. The zero-order valence-electron chi connectivity index (χ0n) is 8.85. The van der Waals surface area contributed by atoms with Gasteiger partial charge in [-0.05, 0) is 12.1 Å². The van der Waals surface area contributed by atoms with Gasteiger partial charge in [0, 0.05) is 24.6 Å². The van der Waals surface area contributed by atoms with Crippen LogP contribution in [-0.4, -0.2) is 40.4 Å². The molecule has 0 radical (unpaired) electrons. The molecule has 6 heteroatoms. The summed E-state index contributed by atoms with van der Waals surface area (Å²) < 4.78 is 0. The molecule has 1 saturated heterocycles. The number of hydrogen-bond donors (Lipinski definition) is 2. The molecule has 0 atom stereocenters. The lowest BCUT2D eigenvalue weighted by Gasteiger charge is -2.26. The summed E-state index contributed by atoms with van der Waals surface area (Å²) in [5, 5.41) is 0. The van der Waals surface area contributed by atoms with Gasteiger partial charge >= 0.3 is 0 Å². The van der Waals surface area contributed by atoms with Crippen molar-refractivity contribution in [1.29, 1.82) is 0 Å². The summed E-state index contributed by atoms with van der Waals surface area (Å²) >= 11 is 1.87. The number of carbonyl (C=O) groups is 1. The summed E-state index contributed by atoms with van der Waals surface area (Å²) in [6.07, 6.45) is 0. The molecular formula is C10H14N4OS. The third kappa shape index (κ3) is 2.45. The van der Waals surface area contributed by atoms with Crippen LogP contribution in [0, 0.1) is 0 Å². The van der Waals surface area contributed by atoms with Crippen LogP contribution in [0.1, 0.15) is 10.5 Å². The van der Waals surface area contributed by atoms with Crippen LogP contribution in [-0.2, 0) is 0 Å². The molecule has 86 valence electrons. The molecule has 0 aromatic carbocycles. The first kappa shape index (κ1) is 11.2. The van der Waals surface area contributed by atoms with E-state index in [2.05, 4.69) is 10.4 Å². The van der Waals surface area contributed by atoms with Gasteiger partial charge in [0.1, 0.15) is 11.5 Å². The molecule has 1 aromatic heterocycles. The monoisotopic (exact) mass is 238 g/mol. The number of carbonyl (C=O) groups excluding carboxylic acids is 1. The summed E-state index contributed by atoms with van der Waals surface area (Å²) in [6, 6.07) is 5.21. The number of nitrogens with one attached hydrogen (secondary N) is 1. The quantitative estimate of drug-likeness (QED) is 0.582. The number of aromatic nitrogens is 1. The number of nitrogen functional groups attached to an aromatic ring is 1. The molecular weight excluding hydrogens is 224 g/mol. The molecule has 2 rings (SSSR count). The van der Waals surface area contributed by atoms with Crippen molar-refractivity contribution in [1.82, 2.24) is 9.88 Å². The highest BCUT2D eigenvalue weighted by molar-refractivity contribution is 7.99. The zero-order chi connectivity index (χ0) is 11.4. The minimum Gasteiger partial charge on any atom is -0.336 e. The number of anilines is 1. The van der Waals surface area contributed by atoms with Crippen LogP contribution < -0.4 is 11.3 Å². The van der Waals surface area contributed by atoms with Crippen molar-refractivity contribution in [2.24, 2.45) is 5.84 Å². The predicted octanol–water partition coefficient (Wildman–Crippen LogP) is 0.556. The van der Waals surface area contributed by atoms with Gasteiger partial charge in [0.05, 0.1) is 0 Å². The van der Waals surface area contributed by atoms with Crippen molar-refractivity contribution in [3.8, 4) is 0 Å². The Morgan fingerprint density at radius 1 is 1.44 bits per heavy atom. The largest absolute Gasteiger partial charge is 0.336 e. The van der Waals surface area contributed by atoms with E-state index in [0.29, 0.717) is 11.5 Å². The smallest absolute Gasteiger partial charge is 0.272 e. The molecule has 1 aliphatic rings. The molecule has 16 heavy (non-hydrogen) atoms. The number of rotatable bonds is 2. The van der Waals surface area contributed by atoms with Gasteiger partial charge in [0.2, 0.25) is 0 Å². The van der Waals surface area contributed by atoms with E-state index in [9.17, 15) is 4.79 Å². The molecule has 2 heterocycles. The fraction of sp³-hybridized carbons (Fsp3) is 0.400. The maximum atomic E-state index is 12.1. The highest BCUT2D eigenvalue weighted by atomic mass is 32.2. The molecule has 1 amide bonds. The molecule has 1 aromatic rings. The summed E-state index contributed by atoms with van der Waals surface area (Å²) in [6.45, 7) is 1.59. The van der Waals surface area contributed by atoms with E-state index < -0.39 is 0 Å². The molecule has 0 unspecified atom stereocenters. The summed E-state index contributed by atoms with van der Waals surface area (Å²) in [7, 11) is 0. The second-order valence-electron chi connectivity index (χ2n) is 3.46. The average Bonchev–Trinajstić information content (AvgIpc) is 2.39. The highest BCUT2D eigenvalue weighted by Crippen LogP contribution is 2.13. The summed E-state index contributed by atoms with van der Waals surface area (Å²) in [5.41, 5.74) is 2.89. The molecule has 3 N–H and O–H groups in total. The zero-order valence-corrected chi connectivity index (χ0v) is 9.67. The third-order valence-corrected chi connectivity index (χ3v) is 3.36. The first-order valence-corrected chi connectivity index (χ1v) is 6.27. The maximum absolute atomic E-state index is 12.1. The Hall–Kier alpha value is -1.27. The lowest BCUT2D eigenvalue weighted by Crippen LogP contribution is -2.38. The maximum Gasteiger partial charge on any atom is 0.272 e. The van der Waals surface area contributed by atoms with Gasteiger partial charge in [-0.15, -0.1) is 0 Å².